The van der Waals surface area contributed by atoms with Crippen molar-refractivity contribution >= 4 is 5.95 Å². The van der Waals surface area contributed by atoms with E-state index >= 15 is 0 Å². The van der Waals surface area contributed by atoms with Crippen LogP contribution in [0.5, 0.6) is 5.75 Å². The van der Waals surface area contributed by atoms with Crippen LogP contribution >= 0.6 is 0 Å². The Morgan fingerprint density at radius 3 is 2.41 bits per heavy atom. The van der Waals surface area contributed by atoms with Gasteiger partial charge in [-0.2, -0.15) is 13.2 Å². The van der Waals surface area contributed by atoms with Gasteiger partial charge in [-0.15, -0.1) is 0 Å². The summed E-state index contributed by atoms with van der Waals surface area (Å²) < 4.78 is 45.1. The van der Waals surface area contributed by atoms with Gasteiger partial charge in [-0.05, 0) is 37.8 Å². The van der Waals surface area contributed by atoms with Gasteiger partial charge in [-0.25, -0.2) is 9.97 Å². The second-order valence-corrected chi connectivity index (χ2v) is 7.29. The van der Waals surface area contributed by atoms with Gasteiger partial charge in [0.15, 0.2) is 5.75 Å². The van der Waals surface area contributed by atoms with Crippen molar-refractivity contribution in [3.8, 4) is 5.75 Å². The lowest BCUT2D eigenvalue weighted by molar-refractivity contribution is -0.138. The molecule has 2 heterocycles. The lowest BCUT2D eigenvalue weighted by atomic mass is 9.89. The normalized spacial score (nSPS) is 16.7. The molecule has 0 aliphatic carbocycles. The van der Waals surface area contributed by atoms with E-state index in [0.717, 1.165) is 6.07 Å². The zero-order chi connectivity index (χ0) is 21.1. The van der Waals surface area contributed by atoms with Crippen LogP contribution in [0.3, 0.4) is 0 Å². The number of aliphatic hydroxyl groups excluding tert-OH is 1. The number of rotatable bonds is 6. The molecule has 0 radical (unpaired) electrons. The number of ether oxygens (including phenoxy) is 1. The lowest BCUT2D eigenvalue weighted by Crippen LogP contribution is -2.45. The van der Waals surface area contributed by atoms with Crippen molar-refractivity contribution in [2.24, 2.45) is 0 Å². The van der Waals surface area contributed by atoms with Crippen molar-refractivity contribution in [2.75, 3.05) is 24.6 Å². The Kier molecular flexibility index (Phi) is 6.28. The minimum atomic E-state index is -4.45. The summed E-state index contributed by atoms with van der Waals surface area (Å²) >= 11 is 0. The van der Waals surface area contributed by atoms with E-state index in [1.807, 2.05) is 4.90 Å². The van der Waals surface area contributed by atoms with Crippen LogP contribution in [0, 0.1) is 6.92 Å². The van der Waals surface area contributed by atoms with Crippen molar-refractivity contribution in [1.29, 1.82) is 0 Å². The monoisotopic (exact) mass is 411 g/mol. The van der Waals surface area contributed by atoms with Crippen LogP contribution in [0.25, 0.3) is 0 Å². The SMILES string of the molecule is Cc1cccc(C(F)(F)F)c1COc1cnc(N2CCC(O)(CCO)CC2)nc1. The number of aromatic nitrogens is 2. The van der Waals surface area contributed by atoms with Gasteiger partial charge >= 0.3 is 6.18 Å². The second kappa shape index (κ2) is 8.54. The summed E-state index contributed by atoms with van der Waals surface area (Å²) in [5.41, 5.74) is -0.985. The average molecular weight is 411 g/mol. The molecule has 0 bridgehead atoms. The third-order valence-corrected chi connectivity index (χ3v) is 5.27. The standard InChI is InChI=1S/C20H24F3N3O3/c1-14-3-2-4-17(20(21,22)23)16(14)13-29-15-11-24-18(25-12-15)26-8-5-19(28,6-9-26)7-10-27/h2-4,11-12,27-28H,5-10,13H2,1H3. The van der Waals surface area contributed by atoms with Crippen LogP contribution in [0.2, 0.25) is 0 Å². The van der Waals surface area contributed by atoms with Gasteiger partial charge in [0.25, 0.3) is 0 Å². The van der Waals surface area contributed by atoms with Gasteiger partial charge in [-0.1, -0.05) is 12.1 Å². The van der Waals surface area contributed by atoms with Crippen LogP contribution in [-0.2, 0) is 12.8 Å². The smallest absolute Gasteiger partial charge is 0.416 e. The average Bonchev–Trinajstić information content (AvgIpc) is 2.67. The van der Waals surface area contributed by atoms with Crippen LogP contribution in [0.4, 0.5) is 19.1 Å². The molecular weight excluding hydrogens is 387 g/mol. The van der Waals surface area contributed by atoms with Crippen LogP contribution in [0.1, 0.15) is 36.0 Å². The summed E-state index contributed by atoms with van der Waals surface area (Å²) in [6, 6.07) is 4.03. The zero-order valence-corrected chi connectivity index (χ0v) is 16.1. The summed E-state index contributed by atoms with van der Waals surface area (Å²) in [5.74, 6) is 0.745. The van der Waals surface area contributed by atoms with Crippen LogP contribution in [0.15, 0.2) is 30.6 Å². The second-order valence-electron chi connectivity index (χ2n) is 7.29. The van der Waals surface area contributed by atoms with Crippen molar-refractivity contribution < 1.29 is 28.1 Å². The number of hydrogen-bond donors (Lipinski definition) is 2. The summed E-state index contributed by atoms with van der Waals surface area (Å²) in [6.07, 6.45) is -0.235. The molecule has 2 aromatic rings. The van der Waals surface area contributed by atoms with E-state index in [1.165, 1.54) is 18.5 Å². The summed E-state index contributed by atoms with van der Waals surface area (Å²) in [7, 11) is 0. The van der Waals surface area contributed by atoms with E-state index in [-0.39, 0.29) is 24.5 Å². The Labute approximate surface area is 167 Å². The Morgan fingerprint density at radius 2 is 1.83 bits per heavy atom. The van der Waals surface area contributed by atoms with Crippen LogP contribution < -0.4 is 9.64 Å². The fourth-order valence-electron chi connectivity index (χ4n) is 3.44. The largest absolute Gasteiger partial charge is 0.486 e. The van der Waals surface area contributed by atoms with Crippen molar-refractivity contribution in [3.05, 3.63) is 47.3 Å². The highest BCUT2D eigenvalue weighted by molar-refractivity contribution is 5.37. The quantitative estimate of drug-likeness (QED) is 0.761. The molecule has 0 atom stereocenters. The fourth-order valence-corrected chi connectivity index (χ4v) is 3.44. The van der Waals surface area contributed by atoms with Crippen molar-refractivity contribution in [2.45, 2.75) is 44.6 Å². The lowest BCUT2D eigenvalue weighted by Gasteiger charge is -2.37. The first-order valence-corrected chi connectivity index (χ1v) is 9.40. The molecule has 1 aliphatic rings. The number of hydrogen-bond acceptors (Lipinski definition) is 6. The molecule has 6 nitrogen and oxygen atoms in total. The summed E-state index contributed by atoms with van der Waals surface area (Å²) in [6.45, 7) is 2.42. The van der Waals surface area contributed by atoms with E-state index in [0.29, 0.717) is 43.9 Å². The molecule has 1 aromatic carbocycles. The van der Waals surface area contributed by atoms with Gasteiger partial charge in [0.05, 0.1) is 23.6 Å². The molecule has 0 spiro atoms. The predicted octanol–water partition coefficient (Wildman–Crippen LogP) is 3.10. The van der Waals surface area contributed by atoms with E-state index in [4.69, 9.17) is 9.84 Å². The highest BCUT2D eigenvalue weighted by Crippen LogP contribution is 2.34. The molecule has 1 saturated heterocycles. The highest BCUT2D eigenvalue weighted by atomic mass is 19.4. The first kappa shape index (κ1) is 21.3. The molecule has 29 heavy (non-hydrogen) atoms. The molecule has 0 unspecified atom stereocenters. The Hall–Kier alpha value is -2.39. The number of anilines is 1. The number of piperidine rings is 1. The first-order chi connectivity index (χ1) is 13.7. The molecule has 1 aliphatic heterocycles. The third-order valence-electron chi connectivity index (χ3n) is 5.27. The van der Waals surface area contributed by atoms with E-state index < -0.39 is 17.3 Å². The molecule has 158 valence electrons. The minimum Gasteiger partial charge on any atom is -0.486 e. The summed E-state index contributed by atoms with van der Waals surface area (Å²) in [5, 5.41) is 19.4. The number of halogens is 3. The molecule has 1 fully saturated rings. The Balaban J connectivity index is 1.63. The number of alkyl halides is 3. The number of nitrogens with zero attached hydrogens (tertiary/aromatic N) is 3. The van der Waals surface area contributed by atoms with Gasteiger partial charge in [0.1, 0.15) is 6.61 Å². The van der Waals surface area contributed by atoms with E-state index in [1.54, 1.807) is 13.0 Å². The van der Waals surface area contributed by atoms with Crippen molar-refractivity contribution in [3.63, 3.8) is 0 Å². The van der Waals surface area contributed by atoms with Crippen LogP contribution in [-0.4, -0.2) is 45.5 Å². The highest BCUT2D eigenvalue weighted by Gasteiger charge is 2.34. The molecule has 0 amide bonds. The van der Waals surface area contributed by atoms with Gasteiger partial charge in [0.2, 0.25) is 5.95 Å². The van der Waals surface area contributed by atoms with Crippen molar-refractivity contribution in [1.82, 2.24) is 9.97 Å². The maximum atomic E-state index is 13.2. The topological polar surface area (TPSA) is 78.7 Å². The van der Waals surface area contributed by atoms with E-state index in [9.17, 15) is 18.3 Å². The molecular formula is C20H24F3N3O3. The van der Waals surface area contributed by atoms with Gasteiger partial charge in [-0.3, -0.25) is 0 Å². The Morgan fingerprint density at radius 1 is 1.17 bits per heavy atom. The zero-order valence-electron chi connectivity index (χ0n) is 16.1. The van der Waals surface area contributed by atoms with Gasteiger partial charge in [0, 0.05) is 25.3 Å². The van der Waals surface area contributed by atoms with E-state index in [2.05, 4.69) is 9.97 Å². The molecule has 1 aromatic heterocycles. The maximum absolute atomic E-state index is 13.2. The first-order valence-electron chi connectivity index (χ1n) is 9.40. The number of benzene rings is 1. The van der Waals surface area contributed by atoms with Gasteiger partial charge < -0.3 is 19.8 Å². The molecule has 3 rings (SSSR count). The molecule has 2 N–H and O–H groups in total. The number of aryl methyl sites for hydroxylation is 1. The molecule has 9 heteroatoms. The molecule has 0 saturated carbocycles. The minimum absolute atomic E-state index is 0.0595. The Bertz CT molecular complexity index is 820. The summed E-state index contributed by atoms with van der Waals surface area (Å²) in [4.78, 5) is 10.4. The predicted molar refractivity (Wildman–Crippen MR) is 101 cm³/mol. The maximum Gasteiger partial charge on any atom is 0.416 e. The fraction of sp³-hybridized carbons (Fsp3) is 0.500. The third kappa shape index (κ3) is 5.16. The number of aliphatic hydroxyl groups is 2.